The first-order valence-electron chi connectivity index (χ1n) is 6.09. The summed E-state index contributed by atoms with van der Waals surface area (Å²) in [6.45, 7) is -0.472. The van der Waals surface area contributed by atoms with E-state index in [0.29, 0.717) is 15.0 Å². The third-order valence-electron chi connectivity index (χ3n) is 3.30. The van der Waals surface area contributed by atoms with E-state index in [2.05, 4.69) is 15.0 Å². The van der Waals surface area contributed by atoms with Gasteiger partial charge in [0.15, 0.2) is 27.4 Å². The molecule has 0 amide bonds. The molecule has 3 heterocycles. The maximum Gasteiger partial charge on any atom is 0.246 e. The van der Waals surface area contributed by atoms with Crippen LogP contribution in [0.25, 0.3) is 11.2 Å². The van der Waals surface area contributed by atoms with Gasteiger partial charge in [0.1, 0.15) is 12.2 Å². The van der Waals surface area contributed by atoms with Crippen molar-refractivity contribution in [3.05, 3.63) is 10.2 Å². The van der Waals surface area contributed by atoms with E-state index in [4.69, 9.17) is 14.6 Å². The molecule has 2 aromatic rings. The van der Waals surface area contributed by atoms with Gasteiger partial charge in [-0.2, -0.15) is 4.98 Å². The minimum absolute atomic E-state index is 0.274. The van der Waals surface area contributed by atoms with Crippen LogP contribution in [0.15, 0.2) is 6.33 Å². The van der Waals surface area contributed by atoms with E-state index in [1.54, 1.807) is 0 Å². The second kappa shape index (κ2) is 5.59. The van der Waals surface area contributed by atoms with Crippen LogP contribution in [0.1, 0.15) is 6.23 Å². The molecule has 0 aromatic carbocycles. The molecule has 1 saturated heterocycles. The van der Waals surface area contributed by atoms with Crippen LogP contribution >= 0.6 is 22.6 Å². The lowest BCUT2D eigenvalue weighted by Crippen LogP contribution is -2.30. The zero-order valence-corrected chi connectivity index (χ0v) is 13.0. The van der Waals surface area contributed by atoms with E-state index in [1.807, 2.05) is 22.6 Å². The summed E-state index contributed by atoms with van der Waals surface area (Å²) in [7, 11) is 1.45. The van der Waals surface area contributed by atoms with Crippen LogP contribution in [-0.4, -0.2) is 61.8 Å². The third kappa shape index (κ3) is 2.35. The quantitative estimate of drug-likeness (QED) is 0.544. The van der Waals surface area contributed by atoms with Gasteiger partial charge in [0.05, 0.1) is 20.0 Å². The largest absolute Gasteiger partial charge is 0.479 e. The zero-order chi connectivity index (χ0) is 15.1. The molecule has 2 aromatic heterocycles. The number of fused-ring (bicyclic) bond motifs is 1. The van der Waals surface area contributed by atoms with Gasteiger partial charge < -0.3 is 19.7 Å². The Bertz CT molecular complexity index is 669. The molecule has 1 aliphatic heterocycles. The Labute approximate surface area is 132 Å². The number of methoxy groups -OCH3 is 1. The molecular formula is C11H12FIN4O4. The highest BCUT2D eigenvalue weighted by Gasteiger charge is 2.45. The molecule has 1 aliphatic rings. The van der Waals surface area contributed by atoms with Gasteiger partial charge in [-0.25, -0.2) is 14.4 Å². The van der Waals surface area contributed by atoms with Gasteiger partial charge in [-0.3, -0.25) is 4.57 Å². The number of aromatic nitrogens is 4. The fourth-order valence-electron chi connectivity index (χ4n) is 2.27. The van der Waals surface area contributed by atoms with Crippen molar-refractivity contribution in [1.82, 2.24) is 19.5 Å². The number of hydrogen-bond acceptors (Lipinski definition) is 7. The highest BCUT2D eigenvalue weighted by atomic mass is 127. The van der Waals surface area contributed by atoms with Crippen molar-refractivity contribution in [2.45, 2.75) is 24.6 Å². The summed E-state index contributed by atoms with van der Waals surface area (Å²) in [5.41, 5.74) is 0.709. The molecule has 114 valence electrons. The summed E-state index contributed by atoms with van der Waals surface area (Å²) in [5, 5.41) is 18.8. The Balaban J connectivity index is 2.07. The van der Waals surface area contributed by atoms with Crippen LogP contribution < -0.4 is 4.74 Å². The standard InChI is InChI=1S/C11H12FIN4O4/c1-20-9-6-8(15-11(13)16-9)17(3-14-6)10-5(12)7(19)4(2-18)21-10/h3-5,7,10,18-19H,2H2,1H3/t4-,5-,7-,10?/m1/s1. The van der Waals surface area contributed by atoms with Crippen LogP contribution in [0.3, 0.4) is 0 Å². The van der Waals surface area contributed by atoms with Gasteiger partial charge in [-0.05, 0) is 0 Å². The average molecular weight is 410 g/mol. The molecule has 0 radical (unpaired) electrons. The first-order chi connectivity index (χ1) is 10.1. The summed E-state index contributed by atoms with van der Waals surface area (Å²) in [4.78, 5) is 12.4. The van der Waals surface area contributed by atoms with Gasteiger partial charge in [0.25, 0.3) is 0 Å². The fraction of sp³-hybridized carbons (Fsp3) is 0.545. The molecule has 10 heteroatoms. The Morgan fingerprint density at radius 3 is 2.90 bits per heavy atom. The predicted octanol–water partition coefficient (Wildman–Crippen LogP) is 0.0282. The molecule has 3 rings (SSSR count). The van der Waals surface area contributed by atoms with E-state index in [0.717, 1.165) is 0 Å². The number of alkyl halides is 1. The Kier molecular flexibility index (Phi) is 3.94. The summed E-state index contributed by atoms with van der Waals surface area (Å²) in [5.74, 6) is 0.274. The number of imidazole rings is 1. The van der Waals surface area contributed by atoms with Crippen molar-refractivity contribution in [2.24, 2.45) is 0 Å². The Hall–Kier alpha value is -1.11. The smallest absolute Gasteiger partial charge is 0.246 e. The Morgan fingerprint density at radius 1 is 1.52 bits per heavy atom. The van der Waals surface area contributed by atoms with E-state index < -0.39 is 31.2 Å². The molecule has 0 bridgehead atoms. The maximum atomic E-state index is 14.2. The van der Waals surface area contributed by atoms with Crippen molar-refractivity contribution in [3.63, 3.8) is 0 Å². The first-order valence-corrected chi connectivity index (χ1v) is 7.17. The first kappa shape index (κ1) is 14.8. The minimum Gasteiger partial charge on any atom is -0.479 e. The van der Waals surface area contributed by atoms with E-state index in [1.165, 1.54) is 18.0 Å². The molecule has 1 fully saturated rings. The van der Waals surface area contributed by atoms with Crippen molar-refractivity contribution in [2.75, 3.05) is 13.7 Å². The summed E-state index contributed by atoms with van der Waals surface area (Å²) < 4.78 is 26.4. The molecular weight excluding hydrogens is 398 g/mol. The highest BCUT2D eigenvalue weighted by molar-refractivity contribution is 14.1. The summed E-state index contributed by atoms with van der Waals surface area (Å²) in [6.07, 6.45) is -3.84. The van der Waals surface area contributed by atoms with Gasteiger partial charge >= 0.3 is 0 Å². The van der Waals surface area contributed by atoms with E-state index >= 15 is 0 Å². The van der Waals surface area contributed by atoms with Crippen molar-refractivity contribution in [3.8, 4) is 5.88 Å². The fourth-order valence-corrected chi connectivity index (χ4v) is 2.72. The topological polar surface area (TPSA) is 103 Å². The lowest BCUT2D eigenvalue weighted by Gasteiger charge is -2.15. The number of rotatable bonds is 3. The number of ether oxygens (including phenoxy) is 2. The monoisotopic (exact) mass is 410 g/mol. The van der Waals surface area contributed by atoms with Gasteiger partial charge in [-0.1, -0.05) is 0 Å². The van der Waals surface area contributed by atoms with Crippen molar-refractivity contribution < 1.29 is 24.1 Å². The summed E-state index contributed by atoms with van der Waals surface area (Å²) in [6, 6.07) is 0. The minimum atomic E-state index is -1.70. The molecule has 0 spiro atoms. The van der Waals surface area contributed by atoms with Crippen LogP contribution in [-0.2, 0) is 4.74 Å². The second-order valence-corrected chi connectivity index (χ2v) is 5.47. The normalized spacial score (nSPS) is 29.2. The Morgan fingerprint density at radius 2 is 2.29 bits per heavy atom. The molecule has 2 N–H and O–H groups in total. The molecule has 1 unspecified atom stereocenters. The number of nitrogens with zero attached hydrogens (tertiary/aromatic N) is 4. The SMILES string of the molecule is COc1nc(I)nc2c1ncn2C1O[C@H](CO)[C@@H](O)[C@H]1F. The van der Waals surface area contributed by atoms with Gasteiger partial charge in [0, 0.05) is 22.6 Å². The van der Waals surface area contributed by atoms with Crippen molar-refractivity contribution >= 4 is 33.8 Å². The van der Waals surface area contributed by atoms with E-state index in [9.17, 15) is 9.50 Å². The molecule has 0 aliphatic carbocycles. The molecule has 0 saturated carbocycles. The second-order valence-electron chi connectivity index (χ2n) is 4.51. The van der Waals surface area contributed by atoms with Crippen LogP contribution in [0.4, 0.5) is 4.39 Å². The van der Waals surface area contributed by atoms with Crippen LogP contribution in [0.5, 0.6) is 5.88 Å². The van der Waals surface area contributed by atoms with Gasteiger partial charge in [-0.15, -0.1) is 0 Å². The third-order valence-corrected chi connectivity index (χ3v) is 3.79. The molecule has 8 nitrogen and oxygen atoms in total. The lowest BCUT2D eigenvalue weighted by atomic mass is 10.1. The van der Waals surface area contributed by atoms with Crippen molar-refractivity contribution in [1.29, 1.82) is 0 Å². The maximum absolute atomic E-state index is 14.2. The number of hydrogen-bond donors (Lipinski definition) is 2. The average Bonchev–Trinajstić information content (AvgIpc) is 3.01. The molecule has 21 heavy (non-hydrogen) atoms. The van der Waals surface area contributed by atoms with Gasteiger partial charge in [0.2, 0.25) is 5.88 Å². The predicted molar refractivity (Wildman–Crippen MR) is 76.5 cm³/mol. The lowest BCUT2D eigenvalue weighted by molar-refractivity contribution is -0.0459. The highest BCUT2D eigenvalue weighted by Crippen LogP contribution is 2.34. The number of aliphatic hydroxyl groups is 2. The van der Waals surface area contributed by atoms with Crippen LogP contribution in [0, 0.1) is 3.83 Å². The molecule has 4 atom stereocenters. The zero-order valence-electron chi connectivity index (χ0n) is 10.8. The number of halogens is 2. The summed E-state index contributed by atoms with van der Waals surface area (Å²) >= 11 is 1.91. The van der Waals surface area contributed by atoms with E-state index in [-0.39, 0.29) is 5.88 Å². The van der Waals surface area contributed by atoms with Crippen LogP contribution in [0.2, 0.25) is 0 Å². The number of aliphatic hydroxyl groups excluding tert-OH is 2.